The van der Waals surface area contributed by atoms with Crippen molar-refractivity contribution in [3.8, 4) is 11.5 Å². The Hall–Kier alpha value is -1.05. The first-order valence-electron chi connectivity index (χ1n) is 4.83. The van der Waals surface area contributed by atoms with Gasteiger partial charge in [0, 0.05) is 10.5 Å². The number of halogens is 7. The van der Waals surface area contributed by atoms with Gasteiger partial charge in [-0.1, -0.05) is 23.2 Å². The Kier molecular flexibility index (Phi) is 4.41. The second-order valence-electron chi connectivity index (χ2n) is 3.45. The van der Waals surface area contributed by atoms with E-state index >= 15 is 0 Å². The van der Waals surface area contributed by atoms with Gasteiger partial charge in [0.25, 0.3) is 11.9 Å². The molecule has 0 unspecified atom stereocenters. The van der Waals surface area contributed by atoms with E-state index in [9.17, 15) is 17.6 Å². The molecule has 2 aromatic rings. The molecule has 0 fully saturated rings. The molecule has 0 aliphatic rings. The lowest BCUT2D eigenvalue weighted by molar-refractivity contribution is 0.343. The van der Waals surface area contributed by atoms with Gasteiger partial charge in [0.2, 0.25) is 17.4 Å². The molecule has 106 valence electrons. The third-order valence-corrected chi connectivity index (χ3v) is 3.64. The fourth-order valence-corrected chi connectivity index (χ4v) is 2.08. The third-order valence-electron chi connectivity index (χ3n) is 2.14. The van der Waals surface area contributed by atoms with Gasteiger partial charge in [-0.15, -0.1) is 0 Å². The van der Waals surface area contributed by atoms with E-state index in [1.54, 1.807) is 0 Å². The predicted octanol–water partition coefficient (Wildman–Crippen LogP) is 5.50. The summed E-state index contributed by atoms with van der Waals surface area (Å²) in [4.78, 5) is 2.40. The summed E-state index contributed by atoms with van der Waals surface area (Å²) in [6, 6.07) is 2.42. The van der Waals surface area contributed by atoms with Crippen molar-refractivity contribution in [2.75, 3.05) is 0 Å². The molecule has 0 atom stereocenters. The zero-order valence-electron chi connectivity index (χ0n) is 9.16. The maximum atomic E-state index is 13.4. The molecule has 0 bridgehead atoms. The summed E-state index contributed by atoms with van der Waals surface area (Å²) in [5.41, 5.74) is 0. The zero-order chi connectivity index (χ0) is 15.0. The van der Waals surface area contributed by atoms with E-state index < -0.39 is 29.3 Å². The summed E-state index contributed by atoms with van der Waals surface area (Å²) in [5, 5.41) is 0.0536. The molecule has 0 aliphatic carbocycles. The minimum absolute atomic E-state index is 0.0716. The van der Waals surface area contributed by atoms with Gasteiger partial charge in [-0.25, -0.2) is 0 Å². The number of pyridine rings is 1. The Morgan fingerprint density at radius 2 is 1.50 bits per heavy atom. The van der Waals surface area contributed by atoms with Crippen molar-refractivity contribution in [1.82, 2.24) is 4.98 Å². The number of hydrogen-bond acceptors (Lipinski definition) is 2. The SMILES string of the molecule is Fc1nc(F)c(F)c(Oc2cc(Cl)c(Br)cc2Cl)c1F. The predicted molar refractivity (Wildman–Crippen MR) is 68.3 cm³/mol. The van der Waals surface area contributed by atoms with Crippen molar-refractivity contribution in [3.63, 3.8) is 0 Å². The average Bonchev–Trinajstić information content (AvgIpc) is 2.38. The Bertz CT molecular complexity index is 673. The van der Waals surface area contributed by atoms with E-state index in [1.807, 2.05) is 0 Å². The number of hydrogen-bond donors (Lipinski definition) is 0. The van der Waals surface area contributed by atoms with Gasteiger partial charge in [0.15, 0.2) is 0 Å². The highest BCUT2D eigenvalue weighted by atomic mass is 79.9. The maximum absolute atomic E-state index is 13.4. The van der Waals surface area contributed by atoms with Crippen LogP contribution in [0.4, 0.5) is 17.6 Å². The second-order valence-corrected chi connectivity index (χ2v) is 5.12. The smallest absolute Gasteiger partial charge is 0.255 e. The first-order valence-corrected chi connectivity index (χ1v) is 6.38. The highest BCUT2D eigenvalue weighted by molar-refractivity contribution is 9.10. The maximum Gasteiger partial charge on any atom is 0.255 e. The minimum Gasteiger partial charge on any atom is -0.449 e. The van der Waals surface area contributed by atoms with Crippen LogP contribution in [0.25, 0.3) is 0 Å². The van der Waals surface area contributed by atoms with E-state index in [1.165, 1.54) is 6.07 Å². The Labute approximate surface area is 128 Å². The second kappa shape index (κ2) is 5.75. The molecule has 20 heavy (non-hydrogen) atoms. The highest BCUT2D eigenvalue weighted by Crippen LogP contribution is 2.38. The first kappa shape index (κ1) is 15.3. The van der Waals surface area contributed by atoms with Crippen LogP contribution in [0.15, 0.2) is 16.6 Å². The Balaban J connectivity index is 2.53. The summed E-state index contributed by atoms with van der Waals surface area (Å²) < 4.78 is 57.8. The van der Waals surface area contributed by atoms with Crippen LogP contribution < -0.4 is 4.74 Å². The molecular weight excluding hydrogens is 389 g/mol. The summed E-state index contributed by atoms with van der Waals surface area (Å²) in [5.74, 6) is -8.80. The average molecular weight is 391 g/mol. The normalized spacial score (nSPS) is 10.8. The number of nitrogens with zero attached hydrogens (tertiary/aromatic N) is 1. The Morgan fingerprint density at radius 1 is 0.950 bits per heavy atom. The van der Waals surface area contributed by atoms with Gasteiger partial charge >= 0.3 is 0 Å². The van der Waals surface area contributed by atoms with Crippen molar-refractivity contribution in [2.45, 2.75) is 0 Å². The number of aromatic nitrogens is 1. The van der Waals surface area contributed by atoms with Gasteiger partial charge in [-0.05, 0) is 22.0 Å². The molecule has 2 rings (SSSR count). The molecule has 1 heterocycles. The lowest BCUT2D eigenvalue weighted by Crippen LogP contribution is -2.03. The minimum atomic E-state index is -1.83. The fourth-order valence-electron chi connectivity index (χ4n) is 1.25. The summed E-state index contributed by atoms with van der Waals surface area (Å²) in [6.45, 7) is 0. The van der Waals surface area contributed by atoms with Crippen LogP contribution >= 0.6 is 39.1 Å². The van der Waals surface area contributed by atoms with Crippen molar-refractivity contribution in [3.05, 3.63) is 50.2 Å². The molecule has 0 radical (unpaired) electrons. The van der Waals surface area contributed by atoms with Crippen molar-refractivity contribution < 1.29 is 22.3 Å². The van der Waals surface area contributed by atoms with Crippen LogP contribution in [-0.2, 0) is 0 Å². The quantitative estimate of drug-likeness (QED) is 0.383. The van der Waals surface area contributed by atoms with E-state index in [-0.39, 0.29) is 15.8 Å². The molecule has 9 heteroatoms. The van der Waals surface area contributed by atoms with Crippen LogP contribution in [0.5, 0.6) is 11.5 Å². The third kappa shape index (κ3) is 2.84. The van der Waals surface area contributed by atoms with Gasteiger partial charge in [0.1, 0.15) is 5.75 Å². The molecule has 0 amide bonds. The molecule has 1 aromatic heterocycles. The standard InChI is InChI=1S/C11H2BrCl2F4NO/c12-3-1-5(14)6(2-4(3)13)20-9-7(15)10(17)19-11(18)8(9)16/h1-2H. The van der Waals surface area contributed by atoms with Crippen LogP contribution in [0, 0.1) is 23.5 Å². The lowest BCUT2D eigenvalue weighted by atomic mass is 10.3. The molecule has 0 saturated carbocycles. The largest absolute Gasteiger partial charge is 0.449 e. The summed E-state index contributed by atoms with van der Waals surface area (Å²) in [6.07, 6.45) is 0. The molecule has 2 nitrogen and oxygen atoms in total. The van der Waals surface area contributed by atoms with Gasteiger partial charge < -0.3 is 4.74 Å². The zero-order valence-corrected chi connectivity index (χ0v) is 12.3. The van der Waals surface area contributed by atoms with Crippen LogP contribution in [0.2, 0.25) is 10.0 Å². The van der Waals surface area contributed by atoms with Crippen molar-refractivity contribution in [2.24, 2.45) is 0 Å². The van der Waals surface area contributed by atoms with Crippen LogP contribution in [0.3, 0.4) is 0 Å². The van der Waals surface area contributed by atoms with Crippen LogP contribution in [0.1, 0.15) is 0 Å². The molecule has 1 aromatic carbocycles. The molecule has 0 N–H and O–H groups in total. The number of ether oxygens (including phenoxy) is 1. The highest BCUT2D eigenvalue weighted by Gasteiger charge is 2.23. The van der Waals surface area contributed by atoms with E-state index in [4.69, 9.17) is 27.9 Å². The number of benzene rings is 1. The fraction of sp³-hybridized carbons (Fsp3) is 0. The molecule has 0 spiro atoms. The summed E-state index contributed by atoms with van der Waals surface area (Å²) >= 11 is 14.6. The van der Waals surface area contributed by atoms with Gasteiger partial charge in [-0.2, -0.15) is 22.5 Å². The molecule has 0 aliphatic heterocycles. The Morgan fingerprint density at radius 3 is 2.05 bits per heavy atom. The van der Waals surface area contributed by atoms with E-state index in [2.05, 4.69) is 20.9 Å². The van der Waals surface area contributed by atoms with Crippen LogP contribution in [-0.4, -0.2) is 4.98 Å². The van der Waals surface area contributed by atoms with E-state index in [0.29, 0.717) is 4.47 Å². The summed E-state index contributed by atoms with van der Waals surface area (Å²) in [7, 11) is 0. The van der Waals surface area contributed by atoms with Gasteiger partial charge in [-0.3, -0.25) is 0 Å². The molecular formula is C11H2BrCl2F4NO. The lowest BCUT2D eigenvalue weighted by Gasteiger charge is -2.10. The monoisotopic (exact) mass is 389 g/mol. The first-order chi connectivity index (χ1) is 9.31. The van der Waals surface area contributed by atoms with Gasteiger partial charge in [0.05, 0.1) is 10.0 Å². The molecule has 0 saturated heterocycles. The number of rotatable bonds is 2. The topological polar surface area (TPSA) is 22.1 Å². The van der Waals surface area contributed by atoms with E-state index in [0.717, 1.165) is 6.07 Å². The van der Waals surface area contributed by atoms with Crippen molar-refractivity contribution in [1.29, 1.82) is 0 Å². The van der Waals surface area contributed by atoms with Crippen molar-refractivity contribution >= 4 is 39.1 Å².